The smallest absolute Gasteiger partial charge is 0.273 e. The van der Waals surface area contributed by atoms with Crippen LogP contribution in [0.5, 0.6) is 0 Å². The van der Waals surface area contributed by atoms with E-state index in [0.717, 1.165) is 17.8 Å². The number of rotatable bonds is 5. The lowest BCUT2D eigenvalue weighted by Gasteiger charge is -2.14. The molecule has 0 aliphatic carbocycles. The van der Waals surface area contributed by atoms with Gasteiger partial charge in [0.15, 0.2) is 5.69 Å². The average molecular weight is 387 g/mol. The molecule has 1 atom stereocenters. The molecule has 0 saturated carbocycles. The molecule has 1 N–H and O–H groups in total. The van der Waals surface area contributed by atoms with Crippen molar-refractivity contribution in [2.75, 3.05) is 0 Å². The maximum atomic E-state index is 12.4. The minimum absolute atomic E-state index is 0.102. The maximum absolute atomic E-state index is 12.4. The molecular formula is C18H19BrN4O. The minimum atomic E-state index is -0.184. The van der Waals surface area contributed by atoms with Crippen molar-refractivity contribution < 1.29 is 4.79 Å². The summed E-state index contributed by atoms with van der Waals surface area (Å²) in [7, 11) is 0. The van der Waals surface area contributed by atoms with Crippen molar-refractivity contribution in [2.24, 2.45) is 0 Å². The molecule has 6 heteroatoms. The second-order valence-corrected chi connectivity index (χ2v) is 6.41. The van der Waals surface area contributed by atoms with E-state index in [2.05, 4.69) is 26.3 Å². The number of benzene rings is 1. The molecule has 1 unspecified atom stereocenters. The normalized spacial score (nSPS) is 12.1. The Morgan fingerprint density at radius 2 is 1.92 bits per heavy atom. The van der Waals surface area contributed by atoms with Gasteiger partial charge in [0.25, 0.3) is 5.91 Å². The van der Waals surface area contributed by atoms with E-state index < -0.39 is 0 Å². The topological polar surface area (TPSA) is 51.9 Å². The molecule has 0 fully saturated rings. The van der Waals surface area contributed by atoms with Crippen LogP contribution in [0.4, 0.5) is 0 Å². The molecule has 124 valence electrons. The molecule has 0 radical (unpaired) electrons. The van der Waals surface area contributed by atoms with Crippen molar-refractivity contribution in [1.82, 2.24) is 19.7 Å². The molecule has 3 rings (SSSR count). The average Bonchev–Trinajstić information content (AvgIpc) is 3.24. The molecule has 0 aliphatic rings. The highest BCUT2D eigenvalue weighted by atomic mass is 79.9. The van der Waals surface area contributed by atoms with Gasteiger partial charge in [-0.15, -0.1) is 0 Å². The molecule has 5 nitrogen and oxygen atoms in total. The number of halogens is 1. The van der Waals surface area contributed by atoms with E-state index in [0.29, 0.717) is 10.2 Å². The van der Waals surface area contributed by atoms with Crippen molar-refractivity contribution >= 4 is 21.8 Å². The largest absolute Gasteiger partial charge is 0.344 e. The fourth-order valence-electron chi connectivity index (χ4n) is 2.50. The molecule has 1 aromatic carbocycles. The Bertz CT molecular complexity index is 821. The van der Waals surface area contributed by atoms with Crippen LogP contribution in [0.15, 0.2) is 59.5 Å². The number of aromatic nitrogens is 3. The van der Waals surface area contributed by atoms with Gasteiger partial charge in [-0.25, -0.2) is 0 Å². The summed E-state index contributed by atoms with van der Waals surface area (Å²) in [5.41, 5.74) is 2.55. The molecule has 0 bridgehead atoms. The fraction of sp³-hybridized carbons (Fsp3) is 0.222. The third-order valence-electron chi connectivity index (χ3n) is 3.90. The summed E-state index contributed by atoms with van der Waals surface area (Å²) in [5.74, 6) is -0.184. The summed E-state index contributed by atoms with van der Waals surface area (Å²) < 4.78 is 4.48. The summed E-state index contributed by atoms with van der Waals surface area (Å²) in [6.45, 7) is 4.67. The van der Waals surface area contributed by atoms with Crippen molar-refractivity contribution in [3.8, 4) is 5.69 Å². The van der Waals surface area contributed by atoms with Gasteiger partial charge < -0.3 is 9.88 Å². The van der Waals surface area contributed by atoms with Gasteiger partial charge in [-0.05, 0) is 59.6 Å². The van der Waals surface area contributed by atoms with Crippen molar-refractivity contribution in [3.63, 3.8) is 0 Å². The first-order chi connectivity index (χ1) is 11.6. The van der Waals surface area contributed by atoms with E-state index in [1.165, 1.54) is 0 Å². The highest BCUT2D eigenvalue weighted by Crippen LogP contribution is 2.19. The van der Waals surface area contributed by atoms with E-state index in [9.17, 15) is 4.79 Å². The van der Waals surface area contributed by atoms with Gasteiger partial charge in [-0.2, -0.15) is 5.10 Å². The molecule has 0 aliphatic heterocycles. The number of nitrogens with one attached hydrogen (secondary N) is 1. The Morgan fingerprint density at radius 3 is 2.50 bits per heavy atom. The van der Waals surface area contributed by atoms with Crippen molar-refractivity contribution in [3.05, 3.63) is 70.7 Å². The first kappa shape index (κ1) is 16.5. The van der Waals surface area contributed by atoms with Gasteiger partial charge in [0.1, 0.15) is 0 Å². The lowest BCUT2D eigenvalue weighted by atomic mass is 10.1. The monoisotopic (exact) mass is 386 g/mol. The Morgan fingerprint density at radius 1 is 1.25 bits per heavy atom. The predicted molar refractivity (Wildman–Crippen MR) is 97.3 cm³/mol. The lowest BCUT2D eigenvalue weighted by Crippen LogP contribution is -2.27. The van der Waals surface area contributed by atoms with Crippen LogP contribution in [-0.2, 0) is 6.54 Å². The molecule has 0 spiro atoms. The standard InChI is InChI=1S/C18H19BrN4O/c1-3-23-12-16(19)17(21-23)18(24)20-13(2)14-6-8-15(9-7-14)22-10-4-5-11-22/h4-13H,3H2,1-2H3,(H,20,24). The van der Waals surface area contributed by atoms with E-state index in [4.69, 9.17) is 0 Å². The zero-order chi connectivity index (χ0) is 17.1. The van der Waals surface area contributed by atoms with Gasteiger partial charge in [-0.1, -0.05) is 12.1 Å². The molecule has 1 amide bonds. The SMILES string of the molecule is CCn1cc(Br)c(C(=O)NC(C)c2ccc(-n3cccc3)cc2)n1. The molecular weight excluding hydrogens is 368 g/mol. The van der Waals surface area contributed by atoms with Crippen LogP contribution in [0.3, 0.4) is 0 Å². The Kier molecular flexibility index (Phi) is 4.85. The van der Waals surface area contributed by atoms with Crippen LogP contribution in [0, 0.1) is 0 Å². The van der Waals surface area contributed by atoms with E-state index >= 15 is 0 Å². The Balaban J connectivity index is 1.71. The predicted octanol–water partition coefficient (Wildman–Crippen LogP) is 3.95. The number of carbonyl (C=O) groups excluding carboxylic acids is 1. The van der Waals surface area contributed by atoms with Crippen LogP contribution in [0.1, 0.15) is 35.9 Å². The fourth-order valence-corrected chi connectivity index (χ4v) is 3.00. The van der Waals surface area contributed by atoms with Crippen LogP contribution in [0.25, 0.3) is 5.69 Å². The summed E-state index contributed by atoms with van der Waals surface area (Å²) >= 11 is 3.39. The number of carbonyl (C=O) groups is 1. The van der Waals surface area contributed by atoms with Gasteiger partial charge in [0, 0.05) is 30.8 Å². The lowest BCUT2D eigenvalue weighted by molar-refractivity contribution is 0.0933. The number of hydrogen-bond donors (Lipinski definition) is 1. The third-order valence-corrected chi connectivity index (χ3v) is 4.48. The number of hydrogen-bond acceptors (Lipinski definition) is 2. The zero-order valence-corrected chi connectivity index (χ0v) is 15.2. The number of nitrogens with zero attached hydrogens (tertiary/aromatic N) is 3. The molecule has 2 aromatic heterocycles. The van der Waals surface area contributed by atoms with Gasteiger partial charge in [0.2, 0.25) is 0 Å². The minimum Gasteiger partial charge on any atom is -0.344 e. The van der Waals surface area contributed by atoms with Crippen molar-refractivity contribution in [2.45, 2.75) is 26.4 Å². The van der Waals surface area contributed by atoms with Gasteiger partial charge in [0.05, 0.1) is 10.5 Å². The second kappa shape index (κ2) is 7.05. The van der Waals surface area contributed by atoms with E-state index in [1.54, 1.807) is 4.68 Å². The maximum Gasteiger partial charge on any atom is 0.273 e. The Hall–Kier alpha value is -2.34. The van der Waals surface area contributed by atoms with Crippen LogP contribution in [0.2, 0.25) is 0 Å². The summed E-state index contributed by atoms with van der Waals surface area (Å²) in [4.78, 5) is 12.4. The van der Waals surface area contributed by atoms with Gasteiger partial charge in [-0.3, -0.25) is 9.48 Å². The quantitative estimate of drug-likeness (QED) is 0.721. The highest BCUT2D eigenvalue weighted by molar-refractivity contribution is 9.10. The molecule has 0 saturated heterocycles. The number of amides is 1. The number of aryl methyl sites for hydroxylation is 1. The van der Waals surface area contributed by atoms with E-state index in [1.807, 2.05) is 73.4 Å². The molecule has 2 heterocycles. The van der Waals surface area contributed by atoms with Crippen molar-refractivity contribution in [1.29, 1.82) is 0 Å². The zero-order valence-electron chi connectivity index (χ0n) is 13.6. The third kappa shape index (κ3) is 3.43. The van der Waals surface area contributed by atoms with Crippen LogP contribution >= 0.6 is 15.9 Å². The van der Waals surface area contributed by atoms with E-state index in [-0.39, 0.29) is 11.9 Å². The Labute approximate surface area is 149 Å². The molecule has 3 aromatic rings. The molecule has 24 heavy (non-hydrogen) atoms. The van der Waals surface area contributed by atoms with Crippen LogP contribution < -0.4 is 5.32 Å². The first-order valence-electron chi connectivity index (χ1n) is 7.85. The van der Waals surface area contributed by atoms with Gasteiger partial charge >= 0.3 is 0 Å². The van der Waals surface area contributed by atoms with Crippen LogP contribution in [-0.4, -0.2) is 20.3 Å². The summed E-state index contributed by atoms with van der Waals surface area (Å²) in [6, 6.07) is 12.0. The first-order valence-corrected chi connectivity index (χ1v) is 8.65. The summed E-state index contributed by atoms with van der Waals surface area (Å²) in [5, 5.41) is 7.27. The second-order valence-electron chi connectivity index (χ2n) is 5.56. The summed E-state index contributed by atoms with van der Waals surface area (Å²) in [6.07, 6.45) is 5.81. The highest BCUT2D eigenvalue weighted by Gasteiger charge is 2.17.